The zero-order valence-electron chi connectivity index (χ0n) is 22.8. The number of rotatable bonds is 10. The Hall–Kier alpha value is -4.76. The van der Waals surface area contributed by atoms with E-state index in [-0.39, 0.29) is 17.1 Å². The number of nitrogens with one attached hydrogen (secondary N) is 2. The number of fused-ring (bicyclic) bond motifs is 1. The molecule has 0 bridgehead atoms. The van der Waals surface area contributed by atoms with Crippen LogP contribution in [0.25, 0.3) is 22.6 Å². The first kappa shape index (κ1) is 27.8. The normalized spacial score (nSPS) is 11.6. The van der Waals surface area contributed by atoms with Crippen molar-refractivity contribution < 1.29 is 23.5 Å². The molecule has 8 nitrogen and oxygen atoms in total. The second-order valence-electron chi connectivity index (χ2n) is 9.12. The van der Waals surface area contributed by atoms with E-state index < -0.39 is 0 Å². The number of amides is 2. The lowest BCUT2D eigenvalue weighted by Gasteiger charge is -2.16. The number of ether oxygens (including phenoxy) is 2. The van der Waals surface area contributed by atoms with E-state index in [4.69, 9.17) is 13.9 Å². The summed E-state index contributed by atoms with van der Waals surface area (Å²) in [5, 5.41) is 5.59. The van der Waals surface area contributed by atoms with Gasteiger partial charge in [-0.25, -0.2) is 4.98 Å². The zero-order valence-corrected chi connectivity index (χ0v) is 23.7. The number of methoxy groups -OCH3 is 2. The van der Waals surface area contributed by atoms with Crippen molar-refractivity contribution in [3.63, 3.8) is 0 Å². The Labute approximate surface area is 242 Å². The van der Waals surface area contributed by atoms with Crippen molar-refractivity contribution in [1.29, 1.82) is 0 Å². The van der Waals surface area contributed by atoms with Gasteiger partial charge in [0, 0.05) is 27.4 Å². The third kappa shape index (κ3) is 6.53. The van der Waals surface area contributed by atoms with E-state index in [0.29, 0.717) is 40.7 Å². The van der Waals surface area contributed by atoms with E-state index in [1.807, 2.05) is 79.7 Å². The number of carbonyl (C=O) groups excluding carboxylic acids is 2. The molecule has 1 atom stereocenters. The Morgan fingerprint density at radius 2 is 1.63 bits per heavy atom. The van der Waals surface area contributed by atoms with Gasteiger partial charge in [-0.05, 0) is 79.2 Å². The SMILES string of the molecule is CCC(Sc1cccc(NC(=O)c2ccc(OC)c(OC)c2)c1)C(=O)Nc1ccc(-c2nc3ccccc3o2)cc1. The number of nitrogens with zero attached hydrogens (tertiary/aromatic N) is 1. The van der Waals surface area contributed by atoms with E-state index in [0.717, 1.165) is 21.6 Å². The molecule has 5 rings (SSSR count). The monoisotopic (exact) mass is 567 g/mol. The van der Waals surface area contributed by atoms with Crippen LogP contribution >= 0.6 is 11.8 Å². The van der Waals surface area contributed by atoms with Gasteiger partial charge in [0.05, 0.1) is 19.5 Å². The van der Waals surface area contributed by atoms with Crippen molar-refractivity contribution >= 4 is 46.1 Å². The first-order chi connectivity index (χ1) is 20.0. The van der Waals surface area contributed by atoms with E-state index >= 15 is 0 Å². The summed E-state index contributed by atoms with van der Waals surface area (Å²) in [5.74, 6) is 1.17. The number of hydrogen-bond acceptors (Lipinski definition) is 7. The lowest BCUT2D eigenvalue weighted by atomic mass is 10.2. The standard InChI is InChI=1S/C32H29N3O5S/c1-4-29(31(37)33-22-15-12-20(13-16-22)32-35-25-10-5-6-11-26(25)40-32)41-24-9-7-8-23(19-24)34-30(36)21-14-17-27(38-2)28(18-21)39-3/h5-19,29H,4H2,1-3H3,(H,33,37)(H,34,36). The van der Waals surface area contributed by atoms with Crippen LogP contribution in [-0.2, 0) is 4.79 Å². The zero-order chi connectivity index (χ0) is 28.8. The molecule has 0 aliphatic heterocycles. The van der Waals surface area contributed by atoms with Crippen molar-refractivity contribution in [3.8, 4) is 23.0 Å². The molecule has 2 amide bonds. The minimum Gasteiger partial charge on any atom is -0.493 e. The maximum Gasteiger partial charge on any atom is 0.255 e. The first-order valence-electron chi connectivity index (χ1n) is 13.0. The number of carbonyl (C=O) groups is 2. The Morgan fingerprint density at radius 1 is 0.854 bits per heavy atom. The average molecular weight is 568 g/mol. The van der Waals surface area contributed by atoms with E-state index in [2.05, 4.69) is 15.6 Å². The van der Waals surface area contributed by atoms with Gasteiger partial charge >= 0.3 is 0 Å². The molecule has 41 heavy (non-hydrogen) atoms. The second-order valence-corrected chi connectivity index (χ2v) is 10.4. The molecule has 9 heteroatoms. The molecule has 4 aromatic carbocycles. The van der Waals surface area contributed by atoms with Crippen LogP contribution in [0.4, 0.5) is 11.4 Å². The van der Waals surface area contributed by atoms with Crippen LogP contribution < -0.4 is 20.1 Å². The number of para-hydroxylation sites is 2. The minimum atomic E-state index is -0.330. The van der Waals surface area contributed by atoms with Crippen LogP contribution in [0.15, 0.2) is 100 Å². The van der Waals surface area contributed by atoms with Gasteiger partial charge in [-0.15, -0.1) is 11.8 Å². The molecule has 0 saturated carbocycles. The quantitative estimate of drug-likeness (QED) is 0.171. The lowest BCUT2D eigenvalue weighted by Crippen LogP contribution is -2.24. The summed E-state index contributed by atoms with van der Waals surface area (Å²) in [5.41, 5.74) is 4.10. The van der Waals surface area contributed by atoms with Crippen molar-refractivity contribution in [2.45, 2.75) is 23.5 Å². The summed E-state index contributed by atoms with van der Waals surface area (Å²) < 4.78 is 16.4. The molecule has 2 N–H and O–H groups in total. The van der Waals surface area contributed by atoms with Crippen molar-refractivity contribution in [3.05, 3.63) is 96.6 Å². The van der Waals surface area contributed by atoms with Crippen LogP contribution in [0.1, 0.15) is 23.7 Å². The smallest absolute Gasteiger partial charge is 0.255 e. The van der Waals surface area contributed by atoms with Crippen LogP contribution in [-0.4, -0.2) is 36.3 Å². The van der Waals surface area contributed by atoms with Gasteiger partial charge in [-0.1, -0.05) is 25.1 Å². The van der Waals surface area contributed by atoms with Crippen LogP contribution in [0.5, 0.6) is 11.5 Å². The van der Waals surface area contributed by atoms with Crippen molar-refractivity contribution in [2.75, 3.05) is 24.9 Å². The number of oxazole rings is 1. The molecule has 0 fully saturated rings. The Bertz CT molecular complexity index is 1650. The highest BCUT2D eigenvalue weighted by atomic mass is 32.2. The van der Waals surface area contributed by atoms with E-state index in [1.165, 1.54) is 18.9 Å². The molecule has 0 radical (unpaired) electrons. The summed E-state index contributed by atoms with van der Waals surface area (Å²) in [6, 6.07) is 27.5. The number of hydrogen-bond donors (Lipinski definition) is 2. The molecule has 0 aliphatic carbocycles. The van der Waals surface area contributed by atoms with Crippen LogP contribution in [0.2, 0.25) is 0 Å². The highest BCUT2D eigenvalue weighted by molar-refractivity contribution is 8.00. The predicted octanol–water partition coefficient (Wildman–Crippen LogP) is 7.27. The van der Waals surface area contributed by atoms with E-state index in [9.17, 15) is 9.59 Å². The summed E-state index contributed by atoms with van der Waals surface area (Å²) in [7, 11) is 3.07. The largest absolute Gasteiger partial charge is 0.493 e. The minimum absolute atomic E-state index is 0.105. The third-order valence-electron chi connectivity index (χ3n) is 6.37. The highest BCUT2D eigenvalue weighted by Crippen LogP contribution is 2.31. The van der Waals surface area contributed by atoms with E-state index in [1.54, 1.807) is 25.3 Å². The van der Waals surface area contributed by atoms with Crippen LogP contribution in [0, 0.1) is 0 Å². The highest BCUT2D eigenvalue weighted by Gasteiger charge is 2.19. The number of aromatic nitrogens is 1. The summed E-state index contributed by atoms with van der Waals surface area (Å²) in [6.07, 6.45) is 0.625. The molecule has 208 valence electrons. The third-order valence-corrected chi connectivity index (χ3v) is 7.73. The average Bonchev–Trinajstić information content (AvgIpc) is 3.44. The fourth-order valence-electron chi connectivity index (χ4n) is 4.23. The summed E-state index contributed by atoms with van der Waals surface area (Å²) in [6.45, 7) is 1.97. The van der Waals surface area contributed by atoms with Gasteiger partial charge in [0.2, 0.25) is 11.8 Å². The van der Waals surface area contributed by atoms with Gasteiger partial charge in [-0.3, -0.25) is 9.59 Å². The fraction of sp³-hybridized carbons (Fsp3) is 0.156. The molecular formula is C32H29N3O5S. The van der Waals surface area contributed by atoms with Gasteiger partial charge in [-0.2, -0.15) is 0 Å². The maximum absolute atomic E-state index is 13.1. The number of thioether (sulfide) groups is 1. The molecule has 1 aromatic heterocycles. The van der Waals surface area contributed by atoms with Gasteiger partial charge < -0.3 is 24.5 Å². The Kier molecular flexibility index (Phi) is 8.55. The van der Waals surface area contributed by atoms with Gasteiger partial charge in [0.15, 0.2) is 17.1 Å². The van der Waals surface area contributed by atoms with Crippen molar-refractivity contribution in [1.82, 2.24) is 4.98 Å². The van der Waals surface area contributed by atoms with Crippen molar-refractivity contribution in [2.24, 2.45) is 0 Å². The second kappa shape index (κ2) is 12.6. The predicted molar refractivity (Wildman–Crippen MR) is 162 cm³/mol. The molecule has 0 saturated heterocycles. The van der Waals surface area contributed by atoms with Gasteiger partial charge in [0.1, 0.15) is 5.52 Å². The molecule has 5 aromatic rings. The molecule has 0 aliphatic rings. The van der Waals surface area contributed by atoms with Crippen LogP contribution in [0.3, 0.4) is 0 Å². The molecule has 0 spiro atoms. The Morgan fingerprint density at radius 3 is 2.37 bits per heavy atom. The molecule has 1 unspecified atom stereocenters. The van der Waals surface area contributed by atoms with Gasteiger partial charge in [0.25, 0.3) is 5.91 Å². The number of benzene rings is 4. The first-order valence-corrected chi connectivity index (χ1v) is 13.9. The number of anilines is 2. The molecule has 1 heterocycles. The topological polar surface area (TPSA) is 103 Å². The lowest BCUT2D eigenvalue weighted by molar-refractivity contribution is -0.115. The molecular weight excluding hydrogens is 538 g/mol. The maximum atomic E-state index is 13.1. The summed E-state index contributed by atoms with van der Waals surface area (Å²) >= 11 is 1.44. The fourth-order valence-corrected chi connectivity index (χ4v) is 5.24. The Balaban J connectivity index is 1.22. The summed E-state index contributed by atoms with van der Waals surface area (Å²) in [4.78, 5) is 31.4.